The summed E-state index contributed by atoms with van der Waals surface area (Å²) in [5.41, 5.74) is 0. The Morgan fingerprint density at radius 1 is 1.28 bits per heavy atom. The molecule has 5 amide bonds. The van der Waals surface area contributed by atoms with Gasteiger partial charge < -0.3 is 26.4 Å². The van der Waals surface area contributed by atoms with Crippen LogP contribution in [0, 0.1) is 0 Å². The molecule has 98 valence electrons. The van der Waals surface area contributed by atoms with Crippen molar-refractivity contribution in [2.45, 2.75) is 12.3 Å². The molecule has 0 saturated carbocycles. The predicted octanol–water partition coefficient (Wildman–Crippen LogP) is -2.82. The number of nitrogens with zero attached hydrogens (tertiary/aromatic N) is 1. The molecular formula is C8H11N5O5. The van der Waals surface area contributed by atoms with E-state index in [4.69, 9.17) is 5.11 Å². The summed E-state index contributed by atoms with van der Waals surface area (Å²) < 4.78 is 0. The highest BCUT2D eigenvalue weighted by Gasteiger charge is 2.45. The molecule has 0 radical (unpaired) electrons. The molecule has 10 nitrogen and oxygen atoms in total. The molecule has 2 aliphatic rings. The summed E-state index contributed by atoms with van der Waals surface area (Å²) in [6.07, 6.45) is -1.24. The number of amides is 5. The van der Waals surface area contributed by atoms with E-state index in [0.29, 0.717) is 0 Å². The summed E-state index contributed by atoms with van der Waals surface area (Å²) in [7, 11) is 0. The SMILES string of the molecule is O=C(O)CNC(=O)CN1C(=O)NC2NC(=O)NC21. The molecule has 5 N–H and O–H groups in total. The normalized spacial score (nSPS) is 25.0. The van der Waals surface area contributed by atoms with Crippen molar-refractivity contribution < 1.29 is 24.3 Å². The monoisotopic (exact) mass is 257 g/mol. The third-order valence-corrected chi connectivity index (χ3v) is 2.51. The largest absolute Gasteiger partial charge is 0.480 e. The molecule has 2 atom stereocenters. The second kappa shape index (κ2) is 4.39. The summed E-state index contributed by atoms with van der Waals surface area (Å²) in [6.45, 7) is -0.852. The van der Waals surface area contributed by atoms with Crippen LogP contribution in [0.1, 0.15) is 0 Å². The number of fused-ring (bicyclic) bond motifs is 1. The minimum atomic E-state index is -1.18. The predicted molar refractivity (Wildman–Crippen MR) is 55.1 cm³/mol. The van der Waals surface area contributed by atoms with Crippen molar-refractivity contribution in [3.8, 4) is 0 Å². The summed E-state index contributed by atoms with van der Waals surface area (Å²) in [5, 5.41) is 17.9. The average Bonchev–Trinajstić information content (AvgIpc) is 2.74. The maximum absolute atomic E-state index is 11.5. The number of hydrogen-bond donors (Lipinski definition) is 5. The Morgan fingerprint density at radius 3 is 2.67 bits per heavy atom. The van der Waals surface area contributed by atoms with E-state index in [1.807, 2.05) is 0 Å². The first-order valence-electron chi connectivity index (χ1n) is 5.10. The third-order valence-electron chi connectivity index (χ3n) is 2.51. The van der Waals surface area contributed by atoms with Gasteiger partial charge in [-0.3, -0.25) is 14.5 Å². The zero-order valence-electron chi connectivity index (χ0n) is 9.10. The fourth-order valence-corrected chi connectivity index (χ4v) is 1.75. The lowest BCUT2D eigenvalue weighted by Crippen LogP contribution is -2.48. The number of aliphatic carboxylic acids is 1. The quantitative estimate of drug-likeness (QED) is 0.369. The molecule has 2 fully saturated rings. The van der Waals surface area contributed by atoms with E-state index >= 15 is 0 Å². The number of carbonyl (C=O) groups is 4. The lowest BCUT2D eigenvalue weighted by Gasteiger charge is -2.20. The summed E-state index contributed by atoms with van der Waals surface area (Å²) in [4.78, 5) is 45.3. The van der Waals surface area contributed by atoms with Gasteiger partial charge in [0, 0.05) is 0 Å². The van der Waals surface area contributed by atoms with Crippen LogP contribution in [0.3, 0.4) is 0 Å². The number of carboxylic acids is 1. The van der Waals surface area contributed by atoms with Crippen LogP contribution >= 0.6 is 0 Å². The van der Waals surface area contributed by atoms with E-state index in [1.165, 1.54) is 0 Å². The van der Waals surface area contributed by atoms with Gasteiger partial charge in [0.15, 0.2) is 0 Å². The smallest absolute Gasteiger partial charge is 0.322 e. The van der Waals surface area contributed by atoms with Gasteiger partial charge in [-0.1, -0.05) is 0 Å². The molecule has 2 unspecified atom stereocenters. The standard InChI is InChI=1S/C8H11N5O5/c14-3(9-1-4(15)16)2-13-6-5(11-8(13)18)10-7(17)12-6/h5-6H,1-2H2,(H,9,14)(H,11,18)(H,15,16)(H2,10,12,17). The molecule has 2 aliphatic heterocycles. The molecule has 10 heteroatoms. The van der Waals surface area contributed by atoms with Crippen molar-refractivity contribution >= 4 is 23.9 Å². The van der Waals surface area contributed by atoms with Crippen LogP contribution in [0.2, 0.25) is 0 Å². The number of carbonyl (C=O) groups excluding carboxylic acids is 3. The van der Waals surface area contributed by atoms with Gasteiger partial charge in [0.1, 0.15) is 25.4 Å². The van der Waals surface area contributed by atoms with Crippen LogP contribution in [0.4, 0.5) is 9.59 Å². The van der Waals surface area contributed by atoms with Gasteiger partial charge in [-0.15, -0.1) is 0 Å². The van der Waals surface area contributed by atoms with Gasteiger partial charge in [-0.2, -0.15) is 0 Å². The molecular weight excluding hydrogens is 246 g/mol. The highest BCUT2D eigenvalue weighted by molar-refractivity contribution is 5.89. The first-order chi connectivity index (χ1) is 8.47. The lowest BCUT2D eigenvalue weighted by molar-refractivity contribution is -0.138. The molecule has 0 bridgehead atoms. The summed E-state index contributed by atoms with van der Waals surface area (Å²) in [6, 6.07) is -0.955. The fraction of sp³-hybridized carbons (Fsp3) is 0.500. The minimum absolute atomic E-state index is 0.331. The van der Waals surface area contributed by atoms with Crippen LogP contribution in [-0.4, -0.2) is 59.4 Å². The Kier molecular flexibility index (Phi) is 2.92. The van der Waals surface area contributed by atoms with E-state index in [0.717, 1.165) is 4.90 Å². The molecule has 2 saturated heterocycles. The van der Waals surface area contributed by atoms with Crippen LogP contribution in [0.25, 0.3) is 0 Å². The van der Waals surface area contributed by atoms with Crippen LogP contribution in [-0.2, 0) is 9.59 Å². The maximum Gasteiger partial charge on any atom is 0.322 e. The van der Waals surface area contributed by atoms with E-state index in [2.05, 4.69) is 21.3 Å². The molecule has 2 heterocycles. The van der Waals surface area contributed by atoms with E-state index in [-0.39, 0.29) is 6.54 Å². The molecule has 2 rings (SSSR count). The molecule has 0 spiro atoms. The van der Waals surface area contributed by atoms with Crippen molar-refractivity contribution in [1.82, 2.24) is 26.2 Å². The van der Waals surface area contributed by atoms with Gasteiger partial charge in [0.05, 0.1) is 0 Å². The van der Waals surface area contributed by atoms with Gasteiger partial charge in [0.25, 0.3) is 0 Å². The molecule has 18 heavy (non-hydrogen) atoms. The van der Waals surface area contributed by atoms with Crippen molar-refractivity contribution in [3.63, 3.8) is 0 Å². The van der Waals surface area contributed by atoms with Crippen LogP contribution in [0.15, 0.2) is 0 Å². The fourth-order valence-electron chi connectivity index (χ4n) is 1.75. The maximum atomic E-state index is 11.5. The zero-order chi connectivity index (χ0) is 13.3. The van der Waals surface area contributed by atoms with Gasteiger partial charge in [-0.25, -0.2) is 9.59 Å². The number of hydrogen-bond acceptors (Lipinski definition) is 4. The Bertz CT molecular complexity index is 424. The molecule has 0 aromatic carbocycles. The second-order valence-electron chi connectivity index (χ2n) is 3.79. The zero-order valence-corrected chi connectivity index (χ0v) is 9.10. The van der Waals surface area contributed by atoms with E-state index in [9.17, 15) is 19.2 Å². The van der Waals surface area contributed by atoms with Crippen molar-refractivity contribution in [2.75, 3.05) is 13.1 Å². The molecule has 0 aromatic heterocycles. The topological polar surface area (TPSA) is 140 Å². The molecule has 0 aromatic rings. The first-order valence-corrected chi connectivity index (χ1v) is 5.10. The Hall–Kier alpha value is -2.52. The van der Waals surface area contributed by atoms with Crippen molar-refractivity contribution in [3.05, 3.63) is 0 Å². The highest BCUT2D eigenvalue weighted by Crippen LogP contribution is 2.12. The lowest BCUT2D eigenvalue weighted by atomic mass is 10.4. The third kappa shape index (κ3) is 2.26. The molecule has 0 aliphatic carbocycles. The second-order valence-corrected chi connectivity index (χ2v) is 3.79. The van der Waals surface area contributed by atoms with Crippen LogP contribution < -0.4 is 21.3 Å². The average molecular weight is 257 g/mol. The van der Waals surface area contributed by atoms with E-state index < -0.39 is 42.8 Å². The minimum Gasteiger partial charge on any atom is -0.480 e. The summed E-state index contributed by atoms with van der Waals surface area (Å²) in [5.74, 6) is -1.79. The van der Waals surface area contributed by atoms with Crippen LogP contribution in [0.5, 0.6) is 0 Å². The van der Waals surface area contributed by atoms with Crippen molar-refractivity contribution in [2.24, 2.45) is 0 Å². The van der Waals surface area contributed by atoms with Gasteiger partial charge in [0.2, 0.25) is 5.91 Å². The Morgan fingerprint density at radius 2 is 2.00 bits per heavy atom. The number of nitrogens with one attached hydrogen (secondary N) is 4. The Balaban J connectivity index is 1.92. The number of carboxylic acid groups (broad SMARTS) is 1. The van der Waals surface area contributed by atoms with E-state index in [1.54, 1.807) is 0 Å². The number of urea groups is 2. The number of rotatable bonds is 4. The highest BCUT2D eigenvalue weighted by atomic mass is 16.4. The first kappa shape index (κ1) is 12.0. The van der Waals surface area contributed by atoms with Crippen molar-refractivity contribution in [1.29, 1.82) is 0 Å². The van der Waals surface area contributed by atoms with Gasteiger partial charge in [-0.05, 0) is 0 Å². The Labute approximate surface area is 101 Å². The summed E-state index contributed by atoms with van der Waals surface area (Å²) >= 11 is 0. The van der Waals surface area contributed by atoms with Gasteiger partial charge >= 0.3 is 18.0 Å².